The molecule has 5 heteroatoms. The maximum absolute atomic E-state index is 12.1. The van der Waals surface area contributed by atoms with Crippen LogP contribution in [0.2, 0.25) is 0 Å². The molecule has 0 saturated carbocycles. The zero-order valence-corrected chi connectivity index (χ0v) is 13.8. The second-order valence-electron chi connectivity index (χ2n) is 5.56. The topological polar surface area (TPSA) is 52.1 Å². The summed E-state index contributed by atoms with van der Waals surface area (Å²) in [5.74, 6) is -0.430. The lowest BCUT2D eigenvalue weighted by atomic mass is 10.2. The van der Waals surface area contributed by atoms with Crippen LogP contribution in [0, 0.1) is 0 Å². The van der Waals surface area contributed by atoms with Crippen LogP contribution in [0.1, 0.15) is 37.0 Å². The first-order valence-corrected chi connectivity index (χ1v) is 7.74. The zero-order valence-electron chi connectivity index (χ0n) is 12.3. The van der Waals surface area contributed by atoms with E-state index in [0.717, 1.165) is 11.4 Å². The van der Waals surface area contributed by atoms with Gasteiger partial charge in [0.2, 0.25) is 0 Å². The number of hydrogen-bond donors (Lipinski definition) is 0. The second-order valence-corrected chi connectivity index (χ2v) is 6.12. The number of esters is 1. The molecule has 0 aliphatic carbocycles. The third kappa shape index (κ3) is 4.36. The summed E-state index contributed by atoms with van der Waals surface area (Å²) in [6.07, 6.45) is 0. The van der Waals surface area contributed by atoms with Crippen molar-refractivity contribution in [2.24, 2.45) is 0 Å². The van der Waals surface area contributed by atoms with Crippen LogP contribution in [-0.4, -0.2) is 21.5 Å². The molecule has 0 amide bonds. The summed E-state index contributed by atoms with van der Waals surface area (Å²) in [7, 11) is 0. The Morgan fingerprint density at radius 1 is 1.10 bits per heavy atom. The summed E-state index contributed by atoms with van der Waals surface area (Å²) in [4.78, 5) is 20.9. The van der Waals surface area contributed by atoms with Gasteiger partial charge < -0.3 is 4.74 Å². The molecular weight excluding hydrogens is 332 g/mol. The lowest BCUT2D eigenvalue weighted by Crippen LogP contribution is -2.24. The molecule has 0 unspecified atom stereocenters. The van der Waals surface area contributed by atoms with E-state index in [1.165, 1.54) is 0 Å². The van der Waals surface area contributed by atoms with Crippen LogP contribution in [0.25, 0.3) is 11.4 Å². The van der Waals surface area contributed by atoms with Gasteiger partial charge in [0.15, 0.2) is 0 Å². The van der Waals surface area contributed by atoms with Crippen molar-refractivity contribution in [3.63, 3.8) is 0 Å². The molecule has 21 heavy (non-hydrogen) atoms. The molecule has 0 aromatic carbocycles. The predicted molar refractivity (Wildman–Crippen MR) is 85.3 cm³/mol. The molecule has 2 aromatic heterocycles. The molecule has 2 rings (SSSR count). The van der Waals surface area contributed by atoms with Gasteiger partial charge in [0.25, 0.3) is 0 Å². The van der Waals surface area contributed by atoms with Gasteiger partial charge in [-0.15, -0.1) is 0 Å². The Hall–Kier alpha value is -1.75. The SMILES string of the molecule is CC(C)(C)OC(=O)c1cccc(-c2cccc(CBr)n2)n1. The fourth-order valence-electron chi connectivity index (χ4n) is 1.72. The summed E-state index contributed by atoms with van der Waals surface area (Å²) in [6, 6.07) is 11.0. The van der Waals surface area contributed by atoms with E-state index in [4.69, 9.17) is 4.74 Å². The number of hydrogen-bond acceptors (Lipinski definition) is 4. The number of rotatable bonds is 3. The van der Waals surface area contributed by atoms with Crippen LogP contribution in [0.5, 0.6) is 0 Å². The van der Waals surface area contributed by atoms with E-state index in [1.807, 2.05) is 45.0 Å². The van der Waals surface area contributed by atoms with Gasteiger partial charge in [-0.25, -0.2) is 9.78 Å². The van der Waals surface area contributed by atoms with E-state index in [2.05, 4.69) is 25.9 Å². The third-order valence-corrected chi connectivity index (χ3v) is 3.14. The highest BCUT2D eigenvalue weighted by atomic mass is 79.9. The summed E-state index contributed by atoms with van der Waals surface area (Å²) < 4.78 is 5.33. The smallest absolute Gasteiger partial charge is 0.357 e. The monoisotopic (exact) mass is 348 g/mol. The lowest BCUT2D eigenvalue weighted by Gasteiger charge is -2.19. The van der Waals surface area contributed by atoms with Crippen molar-refractivity contribution in [2.75, 3.05) is 0 Å². The molecule has 0 spiro atoms. The first-order chi connectivity index (χ1) is 9.89. The Balaban J connectivity index is 2.31. The minimum Gasteiger partial charge on any atom is -0.455 e. The molecule has 4 nitrogen and oxygen atoms in total. The van der Waals surface area contributed by atoms with E-state index < -0.39 is 11.6 Å². The van der Waals surface area contributed by atoms with E-state index in [1.54, 1.807) is 12.1 Å². The van der Waals surface area contributed by atoms with Gasteiger partial charge in [-0.1, -0.05) is 28.1 Å². The molecule has 0 fully saturated rings. The average molecular weight is 349 g/mol. The number of ether oxygens (including phenoxy) is 1. The van der Waals surface area contributed by atoms with Crippen LogP contribution >= 0.6 is 15.9 Å². The lowest BCUT2D eigenvalue weighted by molar-refractivity contribution is 0.00630. The van der Waals surface area contributed by atoms with Gasteiger partial charge in [-0.05, 0) is 45.0 Å². The van der Waals surface area contributed by atoms with Gasteiger partial charge in [-0.2, -0.15) is 0 Å². The number of aromatic nitrogens is 2. The quantitative estimate of drug-likeness (QED) is 0.621. The Bertz CT molecular complexity index is 651. The van der Waals surface area contributed by atoms with Crippen LogP contribution in [0.3, 0.4) is 0 Å². The van der Waals surface area contributed by atoms with Crippen LogP contribution < -0.4 is 0 Å². The van der Waals surface area contributed by atoms with Crippen LogP contribution in [0.4, 0.5) is 0 Å². The number of nitrogens with zero attached hydrogens (tertiary/aromatic N) is 2. The normalized spacial score (nSPS) is 11.2. The molecule has 0 aliphatic heterocycles. The molecule has 0 N–H and O–H groups in total. The Morgan fingerprint density at radius 2 is 1.71 bits per heavy atom. The van der Waals surface area contributed by atoms with Crippen molar-refractivity contribution in [3.8, 4) is 11.4 Å². The average Bonchev–Trinajstić information content (AvgIpc) is 2.46. The van der Waals surface area contributed by atoms with Crippen molar-refractivity contribution in [2.45, 2.75) is 31.7 Å². The van der Waals surface area contributed by atoms with Crippen molar-refractivity contribution in [3.05, 3.63) is 47.8 Å². The largest absolute Gasteiger partial charge is 0.455 e. The molecule has 110 valence electrons. The number of pyridine rings is 2. The third-order valence-electron chi connectivity index (χ3n) is 2.56. The number of carbonyl (C=O) groups excluding carboxylic acids is 1. The van der Waals surface area contributed by atoms with E-state index in [-0.39, 0.29) is 5.69 Å². The highest BCUT2D eigenvalue weighted by molar-refractivity contribution is 9.08. The molecule has 2 aromatic rings. The fraction of sp³-hybridized carbons (Fsp3) is 0.312. The molecule has 0 radical (unpaired) electrons. The maximum Gasteiger partial charge on any atom is 0.357 e. The van der Waals surface area contributed by atoms with E-state index in [0.29, 0.717) is 11.0 Å². The van der Waals surface area contributed by atoms with Crippen molar-refractivity contribution in [1.82, 2.24) is 9.97 Å². The molecular formula is C16H17BrN2O2. The summed E-state index contributed by atoms with van der Waals surface area (Å²) in [5.41, 5.74) is 2.05. The molecule has 0 atom stereocenters. The first-order valence-electron chi connectivity index (χ1n) is 6.62. The number of carbonyl (C=O) groups is 1. The molecule has 0 bridgehead atoms. The summed E-state index contributed by atoms with van der Waals surface area (Å²) in [5, 5.41) is 0.673. The van der Waals surface area contributed by atoms with Gasteiger partial charge in [0.05, 0.1) is 17.1 Å². The highest BCUT2D eigenvalue weighted by Crippen LogP contribution is 2.18. The summed E-state index contributed by atoms with van der Waals surface area (Å²) >= 11 is 3.38. The minimum atomic E-state index is -0.539. The zero-order chi connectivity index (χ0) is 15.5. The first kappa shape index (κ1) is 15.6. The van der Waals surface area contributed by atoms with Gasteiger partial charge in [0, 0.05) is 5.33 Å². The van der Waals surface area contributed by atoms with Gasteiger partial charge in [0.1, 0.15) is 11.3 Å². The number of alkyl halides is 1. The molecule has 0 aliphatic rings. The van der Waals surface area contributed by atoms with Gasteiger partial charge >= 0.3 is 5.97 Å². The summed E-state index contributed by atoms with van der Waals surface area (Å²) in [6.45, 7) is 5.49. The van der Waals surface area contributed by atoms with E-state index >= 15 is 0 Å². The maximum atomic E-state index is 12.1. The van der Waals surface area contributed by atoms with E-state index in [9.17, 15) is 4.79 Å². The Labute approximate surface area is 132 Å². The Kier molecular flexibility index (Phi) is 4.73. The minimum absolute atomic E-state index is 0.286. The molecule has 2 heterocycles. The van der Waals surface area contributed by atoms with Crippen molar-refractivity contribution in [1.29, 1.82) is 0 Å². The second kappa shape index (κ2) is 6.35. The standard InChI is InChI=1S/C16H17BrN2O2/c1-16(2,3)21-15(20)14-9-5-8-13(19-14)12-7-4-6-11(10-17)18-12/h4-9H,10H2,1-3H3. The molecule has 0 saturated heterocycles. The number of halogens is 1. The van der Waals surface area contributed by atoms with Crippen LogP contribution in [-0.2, 0) is 10.1 Å². The Morgan fingerprint density at radius 3 is 2.33 bits per heavy atom. The van der Waals surface area contributed by atoms with Crippen molar-refractivity contribution < 1.29 is 9.53 Å². The fourth-order valence-corrected chi connectivity index (χ4v) is 2.03. The predicted octanol–water partition coefficient (Wildman–Crippen LogP) is 3.99. The van der Waals surface area contributed by atoms with Crippen molar-refractivity contribution >= 4 is 21.9 Å². The van der Waals surface area contributed by atoms with Crippen LogP contribution in [0.15, 0.2) is 36.4 Å². The highest BCUT2D eigenvalue weighted by Gasteiger charge is 2.19. The van der Waals surface area contributed by atoms with Gasteiger partial charge in [-0.3, -0.25) is 4.98 Å².